The van der Waals surface area contributed by atoms with Gasteiger partial charge >= 0.3 is 0 Å². The smallest absolute Gasteiger partial charge is 0.126 e. The number of phenols is 1. The summed E-state index contributed by atoms with van der Waals surface area (Å²) in [6.07, 6.45) is 0. The molecule has 88 valence electrons. The first-order valence-electron chi connectivity index (χ1n) is 5.43. The second-order valence-electron chi connectivity index (χ2n) is 3.98. The number of halogens is 1. The summed E-state index contributed by atoms with van der Waals surface area (Å²) in [5.74, 6) is 0.0616. The fraction of sp³-hybridized carbons (Fsp3) is 0.143. The van der Waals surface area contributed by atoms with Crippen LogP contribution in [0.25, 0.3) is 0 Å². The highest BCUT2D eigenvalue weighted by molar-refractivity contribution is 5.46. The van der Waals surface area contributed by atoms with Gasteiger partial charge in [0.1, 0.15) is 11.6 Å². The topological polar surface area (TPSA) is 32.3 Å². The van der Waals surface area contributed by atoms with Crippen LogP contribution < -0.4 is 5.32 Å². The Labute approximate surface area is 99.7 Å². The average Bonchev–Trinajstić information content (AvgIpc) is 2.33. The molecule has 0 aliphatic carbocycles. The average molecular weight is 231 g/mol. The molecule has 0 radical (unpaired) electrons. The van der Waals surface area contributed by atoms with Crippen molar-refractivity contribution >= 4 is 5.69 Å². The Kier molecular flexibility index (Phi) is 3.28. The van der Waals surface area contributed by atoms with E-state index >= 15 is 0 Å². The van der Waals surface area contributed by atoms with Gasteiger partial charge in [-0.3, -0.25) is 0 Å². The van der Waals surface area contributed by atoms with E-state index in [4.69, 9.17) is 5.11 Å². The maximum atomic E-state index is 13.1. The number of hydrogen-bond acceptors (Lipinski definition) is 2. The summed E-state index contributed by atoms with van der Waals surface area (Å²) in [5, 5.41) is 12.3. The molecular formula is C14H14FNO. The second kappa shape index (κ2) is 4.87. The molecular weight excluding hydrogens is 217 g/mol. The largest absolute Gasteiger partial charge is 0.508 e. The zero-order valence-electron chi connectivity index (χ0n) is 9.57. The molecule has 2 aromatic rings. The van der Waals surface area contributed by atoms with Crippen LogP contribution in [0, 0.1) is 12.7 Å². The Morgan fingerprint density at radius 1 is 1.12 bits per heavy atom. The fourth-order valence-electron chi connectivity index (χ4n) is 1.57. The Morgan fingerprint density at radius 2 is 1.82 bits per heavy atom. The summed E-state index contributed by atoms with van der Waals surface area (Å²) < 4.78 is 13.1. The maximum Gasteiger partial charge on any atom is 0.126 e. The molecule has 17 heavy (non-hydrogen) atoms. The first-order chi connectivity index (χ1) is 8.15. The summed E-state index contributed by atoms with van der Waals surface area (Å²) >= 11 is 0. The molecule has 0 heterocycles. The third-order valence-corrected chi connectivity index (χ3v) is 2.59. The lowest BCUT2D eigenvalue weighted by molar-refractivity contribution is 0.475. The van der Waals surface area contributed by atoms with E-state index in [0.29, 0.717) is 12.1 Å². The Morgan fingerprint density at radius 3 is 2.47 bits per heavy atom. The number of aryl methyl sites for hydroxylation is 1. The minimum atomic E-state index is -0.194. The SMILES string of the molecule is Cc1cc(NCc2ccc(O)cc2)ccc1F. The molecule has 0 amide bonds. The van der Waals surface area contributed by atoms with Gasteiger partial charge in [-0.25, -0.2) is 4.39 Å². The van der Waals surface area contributed by atoms with Crippen molar-refractivity contribution in [2.24, 2.45) is 0 Å². The number of nitrogens with one attached hydrogen (secondary N) is 1. The maximum absolute atomic E-state index is 13.1. The number of aromatic hydroxyl groups is 1. The van der Waals surface area contributed by atoms with Gasteiger partial charge in [-0.1, -0.05) is 12.1 Å². The normalized spacial score (nSPS) is 10.2. The molecule has 0 aromatic heterocycles. The van der Waals surface area contributed by atoms with Crippen LogP contribution in [0.2, 0.25) is 0 Å². The van der Waals surface area contributed by atoms with Crippen molar-refractivity contribution in [2.45, 2.75) is 13.5 Å². The molecule has 0 aliphatic rings. The molecule has 0 unspecified atom stereocenters. The molecule has 0 fully saturated rings. The van der Waals surface area contributed by atoms with Gasteiger partial charge in [0.2, 0.25) is 0 Å². The molecule has 0 bridgehead atoms. The summed E-state index contributed by atoms with van der Waals surface area (Å²) in [4.78, 5) is 0. The highest BCUT2D eigenvalue weighted by Crippen LogP contribution is 2.15. The monoisotopic (exact) mass is 231 g/mol. The van der Waals surface area contributed by atoms with E-state index in [-0.39, 0.29) is 11.6 Å². The molecule has 2 rings (SSSR count). The molecule has 3 heteroatoms. The van der Waals surface area contributed by atoms with Gasteiger partial charge in [0, 0.05) is 12.2 Å². The number of phenolic OH excluding ortho intramolecular Hbond substituents is 1. The molecule has 2 nitrogen and oxygen atoms in total. The highest BCUT2D eigenvalue weighted by Gasteiger charge is 1.99. The van der Waals surface area contributed by atoms with Crippen molar-refractivity contribution in [3.63, 3.8) is 0 Å². The van der Waals surface area contributed by atoms with E-state index in [0.717, 1.165) is 11.3 Å². The molecule has 0 aliphatic heterocycles. The summed E-state index contributed by atoms with van der Waals surface area (Å²) in [6.45, 7) is 2.38. The number of anilines is 1. The molecule has 2 aromatic carbocycles. The first kappa shape index (κ1) is 11.5. The van der Waals surface area contributed by atoms with Crippen molar-refractivity contribution < 1.29 is 9.50 Å². The summed E-state index contributed by atoms with van der Waals surface area (Å²) in [5.41, 5.74) is 2.57. The number of hydrogen-bond donors (Lipinski definition) is 2. The minimum absolute atomic E-state index is 0.194. The second-order valence-corrected chi connectivity index (χ2v) is 3.98. The van der Waals surface area contributed by atoms with Crippen molar-refractivity contribution in [2.75, 3.05) is 5.32 Å². The predicted octanol–water partition coefficient (Wildman–Crippen LogP) is 3.45. The lowest BCUT2D eigenvalue weighted by Crippen LogP contribution is -1.99. The van der Waals surface area contributed by atoms with Crippen LogP contribution in [-0.4, -0.2) is 5.11 Å². The molecule has 0 atom stereocenters. The Bertz CT molecular complexity index is 508. The van der Waals surface area contributed by atoms with Gasteiger partial charge in [-0.15, -0.1) is 0 Å². The van der Waals surface area contributed by atoms with Gasteiger partial charge in [0.25, 0.3) is 0 Å². The van der Waals surface area contributed by atoms with Crippen LogP contribution in [0.15, 0.2) is 42.5 Å². The van der Waals surface area contributed by atoms with E-state index in [1.54, 1.807) is 31.2 Å². The van der Waals surface area contributed by atoms with E-state index in [2.05, 4.69) is 5.32 Å². The Hall–Kier alpha value is -2.03. The predicted molar refractivity (Wildman–Crippen MR) is 66.6 cm³/mol. The van der Waals surface area contributed by atoms with Gasteiger partial charge < -0.3 is 10.4 Å². The summed E-state index contributed by atoms with van der Waals surface area (Å²) in [7, 11) is 0. The van der Waals surface area contributed by atoms with Crippen molar-refractivity contribution in [3.8, 4) is 5.75 Å². The third kappa shape index (κ3) is 2.97. The van der Waals surface area contributed by atoms with Gasteiger partial charge in [0.05, 0.1) is 0 Å². The zero-order valence-corrected chi connectivity index (χ0v) is 9.57. The van der Waals surface area contributed by atoms with Crippen molar-refractivity contribution in [1.82, 2.24) is 0 Å². The lowest BCUT2D eigenvalue weighted by Gasteiger charge is -2.07. The molecule has 0 saturated carbocycles. The van der Waals surface area contributed by atoms with E-state index in [1.165, 1.54) is 6.07 Å². The van der Waals surface area contributed by atoms with Crippen LogP contribution in [0.3, 0.4) is 0 Å². The Balaban J connectivity index is 2.02. The van der Waals surface area contributed by atoms with E-state index in [9.17, 15) is 4.39 Å². The van der Waals surface area contributed by atoms with Gasteiger partial charge in [-0.05, 0) is 48.4 Å². The standard InChI is InChI=1S/C14H14FNO/c1-10-8-12(4-7-14(10)15)16-9-11-2-5-13(17)6-3-11/h2-8,16-17H,9H2,1H3. The molecule has 0 spiro atoms. The number of rotatable bonds is 3. The van der Waals surface area contributed by atoms with Crippen molar-refractivity contribution in [1.29, 1.82) is 0 Å². The lowest BCUT2D eigenvalue weighted by atomic mass is 10.2. The van der Waals surface area contributed by atoms with Crippen LogP contribution in [-0.2, 0) is 6.54 Å². The molecule has 0 saturated heterocycles. The quantitative estimate of drug-likeness (QED) is 0.848. The number of benzene rings is 2. The zero-order chi connectivity index (χ0) is 12.3. The van der Waals surface area contributed by atoms with Crippen LogP contribution in [0.1, 0.15) is 11.1 Å². The third-order valence-electron chi connectivity index (χ3n) is 2.59. The van der Waals surface area contributed by atoms with E-state index in [1.807, 2.05) is 12.1 Å². The molecule has 2 N–H and O–H groups in total. The minimum Gasteiger partial charge on any atom is -0.508 e. The highest BCUT2D eigenvalue weighted by atomic mass is 19.1. The van der Waals surface area contributed by atoms with Crippen LogP contribution in [0.4, 0.5) is 10.1 Å². The first-order valence-corrected chi connectivity index (χ1v) is 5.43. The van der Waals surface area contributed by atoms with Crippen molar-refractivity contribution in [3.05, 3.63) is 59.4 Å². The van der Waals surface area contributed by atoms with Crippen LogP contribution in [0.5, 0.6) is 5.75 Å². The fourth-order valence-corrected chi connectivity index (χ4v) is 1.57. The van der Waals surface area contributed by atoms with Crippen LogP contribution >= 0.6 is 0 Å². The summed E-state index contributed by atoms with van der Waals surface area (Å²) in [6, 6.07) is 11.9. The van der Waals surface area contributed by atoms with Gasteiger partial charge in [0.15, 0.2) is 0 Å². The van der Waals surface area contributed by atoms with E-state index < -0.39 is 0 Å². The van der Waals surface area contributed by atoms with Gasteiger partial charge in [-0.2, -0.15) is 0 Å².